The second-order valence-electron chi connectivity index (χ2n) is 5.05. The Kier molecular flexibility index (Phi) is 3.31. The molecule has 2 nitrogen and oxygen atoms in total. The quantitative estimate of drug-likeness (QED) is 0.814. The summed E-state index contributed by atoms with van der Waals surface area (Å²) in [5.74, 6) is 0. The molecule has 0 aromatic heterocycles. The predicted molar refractivity (Wildman–Crippen MR) is 66.4 cm³/mol. The molecule has 1 saturated carbocycles. The van der Waals surface area contributed by atoms with Gasteiger partial charge in [0.2, 0.25) is 0 Å². The zero-order valence-corrected chi connectivity index (χ0v) is 10.2. The minimum atomic E-state index is -0.420. The monoisotopic (exact) mass is 219 g/mol. The topological polar surface area (TPSA) is 32.3 Å². The molecule has 0 amide bonds. The fourth-order valence-electron chi connectivity index (χ4n) is 2.31. The van der Waals surface area contributed by atoms with Crippen molar-refractivity contribution in [1.29, 1.82) is 0 Å². The van der Waals surface area contributed by atoms with Crippen molar-refractivity contribution < 1.29 is 5.11 Å². The second kappa shape index (κ2) is 4.56. The van der Waals surface area contributed by atoms with Gasteiger partial charge in [-0.15, -0.1) is 0 Å². The fourth-order valence-corrected chi connectivity index (χ4v) is 2.31. The van der Waals surface area contributed by atoms with E-state index >= 15 is 0 Å². The van der Waals surface area contributed by atoms with Gasteiger partial charge in [-0.25, -0.2) is 0 Å². The molecular weight excluding hydrogens is 198 g/mol. The summed E-state index contributed by atoms with van der Waals surface area (Å²) in [5, 5.41) is 13.3. The van der Waals surface area contributed by atoms with Crippen LogP contribution in [0.5, 0.6) is 0 Å². The van der Waals surface area contributed by atoms with Crippen LogP contribution in [0.15, 0.2) is 18.2 Å². The van der Waals surface area contributed by atoms with Gasteiger partial charge in [0, 0.05) is 13.1 Å². The standard InChI is InChI=1S/C14H21NO/c1-11-5-3-6-12(2)13(11)9-15-10-14(16)7-4-8-14/h3,5-6,15-16H,4,7-10H2,1-2H3. The molecule has 0 heterocycles. The van der Waals surface area contributed by atoms with Crippen LogP contribution in [0.3, 0.4) is 0 Å². The van der Waals surface area contributed by atoms with Crippen LogP contribution in [0.4, 0.5) is 0 Å². The zero-order chi connectivity index (χ0) is 11.6. The Morgan fingerprint density at radius 3 is 2.38 bits per heavy atom. The maximum atomic E-state index is 9.96. The van der Waals surface area contributed by atoms with Gasteiger partial charge in [-0.1, -0.05) is 18.2 Å². The van der Waals surface area contributed by atoms with Gasteiger partial charge in [-0.2, -0.15) is 0 Å². The van der Waals surface area contributed by atoms with E-state index in [0.717, 1.165) is 25.9 Å². The lowest BCUT2D eigenvalue weighted by atomic mass is 9.80. The zero-order valence-electron chi connectivity index (χ0n) is 10.2. The highest BCUT2D eigenvalue weighted by Gasteiger charge is 2.33. The largest absolute Gasteiger partial charge is 0.389 e. The molecule has 2 N–H and O–H groups in total. The summed E-state index contributed by atoms with van der Waals surface area (Å²) in [5.41, 5.74) is 3.60. The molecule has 1 fully saturated rings. The van der Waals surface area contributed by atoms with Crippen LogP contribution in [-0.2, 0) is 6.54 Å². The van der Waals surface area contributed by atoms with Crippen LogP contribution in [0.2, 0.25) is 0 Å². The van der Waals surface area contributed by atoms with E-state index < -0.39 is 5.60 Å². The van der Waals surface area contributed by atoms with Gasteiger partial charge in [-0.05, 0) is 49.8 Å². The van der Waals surface area contributed by atoms with E-state index in [2.05, 4.69) is 37.4 Å². The maximum absolute atomic E-state index is 9.96. The Bertz CT molecular complexity index is 349. The number of aryl methyl sites for hydroxylation is 2. The van der Waals surface area contributed by atoms with Crippen molar-refractivity contribution in [2.24, 2.45) is 0 Å². The number of nitrogens with one attached hydrogen (secondary N) is 1. The first-order valence-corrected chi connectivity index (χ1v) is 6.09. The number of hydrogen-bond acceptors (Lipinski definition) is 2. The van der Waals surface area contributed by atoms with Crippen LogP contribution in [0.1, 0.15) is 36.0 Å². The Balaban J connectivity index is 1.89. The number of benzene rings is 1. The average Bonchev–Trinajstić information content (AvgIpc) is 2.20. The van der Waals surface area contributed by atoms with Crippen LogP contribution in [-0.4, -0.2) is 17.3 Å². The van der Waals surface area contributed by atoms with Gasteiger partial charge in [0.1, 0.15) is 0 Å². The minimum absolute atomic E-state index is 0.420. The van der Waals surface area contributed by atoms with Crippen molar-refractivity contribution >= 4 is 0 Å². The Hall–Kier alpha value is -0.860. The molecule has 1 aromatic carbocycles. The van der Waals surface area contributed by atoms with E-state index in [-0.39, 0.29) is 0 Å². The van der Waals surface area contributed by atoms with Crippen LogP contribution in [0.25, 0.3) is 0 Å². The lowest BCUT2D eigenvalue weighted by Gasteiger charge is -2.36. The van der Waals surface area contributed by atoms with E-state index in [9.17, 15) is 5.11 Å². The molecule has 0 bridgehead atoms. The van der Waals surface area contributed by atoms with E-state index in [1.807, 2.05) is 0 Å². The number of aliphatic hydroxyl groups is 1. The lowest BCUT2D eigenvalue weighted by molar-refractivity contribution is -0.0315. The highest BCUT2D eigenvalue weighted by atomic mass is 16.3. The van der Waals surface area contributed by atoms with Gasteiger partial charge >= 0.3 is 0 Å². The molecule has 0 spiro atoms. The third-order valence-corrected chi connectivity index (χ3v) is 3.68. The summed E-state index contributed by atoms with van der Waals surface area (Å²) in [7, 11) is 0. The Morgan fingerprint density at radius 1 is 1.25 bits per heavy atom. The van der Waals surface area contributed by atoms with E-state index in [0.29, 0.717) is 0 Å². The summed E-state index contributed by atoms with van der Waals surface area (Å²) in [4.78, 5) is 0. The van der Waals surface area contributed by atoms with Gasteiger partial charge in [0.15, 0.2) is 0 Å². The first-order valence-electron chi connectivity index (χ1n) is 6.09. The predicted octanol–water partition coefficient (Wildman–Crippen LogP) is 2.31. The van der Waals surface area contributed by atoms with Gasteiger partial charge < -0.3 is 10.4 Å². The molecule has 0 aliphatic heterocycles. The van der Waals surface area contributed by atoms with E-state index in [4.69, 9.17) is 0 Å². The van der Waals surface area contributed by atoms with Gasteiger partial charge in [0.05, 0.1) is 5.60 Å². The number of rotatable bonds is 4. The van der Waals surface area contributed by atoms with Crippen molar-refractivity contribution in [3.8, 4) is 0 Å². The molecule has 88 valence electrons. The number of hydrogen-bond donors (Lipinski definition) is 2. The van der Waals surface area contributed by atoms with E-state index in [1.54, 1.807) is 0 Å². The average molecular weight is 219 g/mol. The third kappa shape index (κ3) is 2.45. The summed E-state index contributed by atoms with van der Waals surface area (Å²) in [6.07, 6.45) is 3.07. The molecule has 0 atom stereocenters. The Morgan fingerprint density at radius 2 is 1.88 bits per heavy atom. The normalized spacial score (nSPS) is 18.2. The molecule has 0 radical (unpaired) electrons. The molecule has 2 rings (SSSR count). The summed E-state index contributed by atoms with van der Waals surface area (Å²) in [6, 6.07) is 6.37. The molecule has 0 saturated heterocycles. The van der Waals surface area contributed by atoms with Crippen LogP contribution >= 0.6 is 0 Å². The Labute approximate surface area is 97.7 Å². The first kappa shape index (κ1) is 11.6. The maximum Gasteiger partial charge on any atom is 0.0771 e. The molecule has 16 heavy (non-hydrogen) atoms. The molecule has 1 aromatic rings. The van der Waals surface area contributed by atoms with Crippen molar-refractivity contribution in [3.63, 3.8) is 0 Å². The smallest absolute Gasteiger partial charge is 0.0771 e. The summed E-state index contributed by atoms with van der Waals surface area (Å²) >= 11 is 0. The van der Waals surface area contributed by atoms with Crippen molar-refractivity contribution in [1.82, 2.24) is 5.32 Å². The van der Waals surface area contributed by atoms with Gasteiger partial charge in [0.25, 0.3) is 0 Å². The van der Waals surface area contributed by atoms with Crippen LogP contribution in [0, 0.1) is 13.8 Å². The molecule has 1 aliphatic rings. The van der Waals surface area contributed by atoms with Crippen molar-refractivity contribution in [2.75, 3.05) is 6.54 Å². The van der Waals surface area contributed by atoms with Crippen molar-refractivity contribution in [3.05, 3.63) is 34.9 Å². The highest BCUT2D eigenvalue weighted by molar-refractivity contribution is 5.33. The first-order chi connectivity index (χ1) is 7.61. The third-order valence-electron chi connectivity index (χ3n) is 3.68. The lowest BCUT2D eigenvalue weighted by Crippen LogP contribution is -2.46. The molecule has 2 heteroatoms. The second-order valence-corrected chi connectivity index (χ2v) is 5.05. The van der Waals surface area contributed by atoms with Crippen LogP contribution < -0.4 is 5.32 Å². The molecular formula is C14H21NO. The minimum Gasteiger partial charge on any atom is -0.389 e. The fraction of sp³-hybridized carbons (Fsp3) is 0.571. The summed E-state index contributed by atoms with van der Waals surface area (Å²) in [6.45, 7) is 5.87. The highest BCUT2D eigenvalue weighted by Crippen LogP contribution is 2.30. The van der Waals surface area contributed by atoms with Gasteiger partial charge in [-0.3, -0.25) is 0 Å². The molecule has 1 aliphatic carbocycles. The molecule has 0 unspecified atom stereocenters. The van der Waals surface area contributed by atoms with E-state index in [1.165, 1.54) is 23.1 Å². The van der Waals surface area contributed by atoms with Crippen molar-refractivity contribution in [2.45, 2.75) is 45.3 Å². The SMILES string of the molecule is Cc1cccc(C)c1CNCC1(O)CCC1. The summed E-state index contributed by atoms with van der Waals surface area (Å²) < 4.78 is 0.